The Morgan fingerprint density at radius 2 is 0.670 bits per heavy atom. The number of esters is 4. The van der Waals surface area contributed by atoms with E-state index in [4.69, 9.17) is 18.9 Å². The zero-order chi connectivity index (χ0) is 69.2. The maximum Gasteiger partial charge on any atom is 0.325 e. The lowest BCUT2D eigenvalue weighted by Crippen LogP contribution is -2.36. The summed E-state index contributed by atoms with van der Waals surface area (Å²) >= 11 is 2.60. The van der Waals surface area contributed by atoms with Crippen LogP contribution in [0.15, 0.2) is 24.3 Å². The first kappa shape index (κ1) is 90.9. The van der Waals surface area contributed by atoms with Gasteiger partial charge in [-0.25, -0.2) is 0 Å². The number of unbranched alkanes of at least 4 members (excludes halogenated alkanes) is 22. The largest absolute Gasteiger partial charge is 0.462 e. The Bertz CT molecular complexity index is 1840. The maximum atomic E-state index is 13.5. The van der Waals surface area contributed by atoms with Crippen molar-refractivity contribution in [1.29, 1.82) is 0 Å². The van der Waals surface area contributed by atoms with Crippen LogP contribution in [0.25, 0.3) is 0 Å². The van der Waals surface area contributed by atoms with Gasteiger partial charge in [0.1, 0.15) is 32.0 Å². The summed E-state index contributed by atoms with van der Waals surface area (Å²) in [5.74, 6) is 1.02. The van der Waals surface area contributed by atoms with Gasteiger partial charge in [0.25, 0.3) is 10.5 Å². The molecule has 94 heavy (non-hydrogen) atoms. The highest BCUT2D eigenvalue weighted by Gasteiger charge is 2.23. The first-order valence-corrected chi connectivity index (χ1v) is 41.1. The highest BCUT2D eigenvalue weighted by Crippen LogP contribution is 2.23. The maximum absolute atomic E-state index is 13.5. The molecule has 0 aromatic carbocycles. The molecule has 0 saturated carbocycles. The SMILES string of the molecule is CCCCCC/C=C\COC(=O)CCCN(CCCC(=O)OC(CCCCCCC)CCCCCCCC(C)CCCC/C=C\COC(=O)CCCN(CC(=O)OC(CCCCCCC)CCCCCCC)C(=O)SCCCN(CC)CC)C(=O)SCCCN(CC)CC. The number of ether oxygens (including phenoxy) is 4. The number of thioether (sulfide) groups is 2. The van der Waals surface area contributed by atoms with Gasteiger partial charge in [-0.2, -0.15) is 0 Å². The van der Waals surface area contributed by atoms with Gasteiger partial charge in [0.05, 0.1) is 0 Å². The number of hydrogen-bond acceptors (Lipinski definition) is 14. The van der Waals surface area contributed by atoms with Crippen molar-refractivity contribution in [2.45, 2.75) is 344 Å². The van der Waals surface area contributed by atoms with Crippen molar-refractivity contribution in [2.24, 2.45) is 5.92 Å². The minimum Gasteiger partial charge on any atom is -0.462 e. The average molecular weight is 1360 g/mol. The number of hydrogen-bond donors (Lipinski definition) is 0. The number of amides is 2. The Morgan fingerprint density at radius 3 is 1.09 bits per heavy atom. The molecule has 0 bridgehead atoms. The zero-order valence-corrected chi connectivity index (χ0v) is 64.0. The molecule has 0 aromatic heterocycles. The minimum atomic E-state index is -0.353. The van der Waals surface area contributed by atoms with E-state index in [1.54, 1.807) is 4.90 Å². The molecule has 0 N–H and O–H groups in total. The van der Waals surface area contributed by atoms with E-state index in [9.17, 15) is 28.8 Å². The molecule has 14 nitrogen and oxygen atoms in total. The molecule has 0 aromatic rings. The molecular formula is C78H146N4O10S2. The molecule has 0 aliphatic heterocycles. The fourth-order valence-electron chi connectivity index (χ4n) is 11.8. The molecule has 550 valence electrons. The lowest BCUT2D eigenvalue weighted by atomic mass is 9.96. The highest BCUT2D eigenvalue weighted by atomic mass is 32.2. The smallest absolute Gasteiger partial charge is 0.325 e. The summed E-state index contributed by atoms with van der Waals surface area (Å²) in [5.41, 5.74) is 0. The van der Waals surface area contributed by atoms with E-state index in [0.717, 1.165) is 161 Å². The van der Waals surface area contributed by atoms with Crippen molar-refractivity contribution in [3.63, 3.8) is 0 Å². The van der Waals surface area contributed by atoms with Crippen molar-refractivity contribution in [3.8, 4) is 0 Å². The quantitative estimate of drug-likeness (QED) is 0.0246. The third-order valence-electron chi connectivity index (χ3n) is 18.0. The summed E-state index contributed by atoms with van der Waals surface area (Å²) in [6, 6.07) is 0. The second-order valence-corrected chi connectivity index (χ2v) is 28.5. The van der Waals surface area contributed by atoms with Gasteiger partial charge in [-0.15, -0.1) is 0 Å². The first-order chi connectivity index (χ1) is 45.8. The van der Waals surface area contributed by atoms with Crippen LogP contribution in [0.1, 0.15) is 332 Å². The summed E-state index contributed by atoms with van der Waals surface area (Å²) in [4.78, 5) is 87.3. The minimum absolute atomic E-state index is 0.00840. The van der Waals surface area contributed by atoms with Crippen LogP contribution >= 0.6 is 23.5 Å². The van der Waals surface area contributed by atoms with E-state index in [1.165, 1.54) is 139 Å². The molecule has 0 saturated heterocycles. The Hall–Kier alpha value is -3.08. The van der Waals surface area contributed by atoms with E-state index in [2.05, 4.69) is 84.3 Å². The van der Waals surface area contributed by atoms with Crippen molar-refractivity contribution >= 4 is 57.9 Å². The summed E-state index contributed by atoms with van der Waals surface area (Å²) in [6.07, 6.45) is 50.2. The monoisotopic (exact) mass is 1360 g/mol. The predicted molar refractivity (Wildman–Crippen MR) is 400 cm³/mol. The van der Waals surface area contributed by atoms with Gasteiger partial charge in [0.15, 0.2) is 0 Å². The van der Waals surface area contributed by atoms with Crippen LogP contribution in [0, 0.1) is 5.92 Å². The lowest BCUT2D eigenvalue weighted by Gasteiger charge is -2.24. The molecule has 2 amide bonds. The van der Waals surface area contributed by atoms with Crippen molar-refractivity contribution < 1.29 is 47.7 Å². The molecular weight excluding hydrogens is 1220 g/mol. The Labute approximate surface area is 586 Å². The summed E-state index contributed by atoms with van der Waals surface area (Å²) < 4.78 is 23.3. The van der Waals surface area contributed by atoms with Gasteiger partial charge >= 0.3 is 23.9 Å². The lowest BCUT2D eigenvalue weighted by molar-refractivity contribution is -0.151. The molecule has 16 heteroatoms. The van der Waals surface area contributed by atoms with Gasteiger partial charge in [-0.1, -0.05) is 251 Å². The van der Waals surface area contributed by atoms with Crippen LogP contribution in [0.4, 0.5) is 9.59 Å². The number of rotatable bonds is 68. The van der Waals surface area contributed by atoms with Gasteiger partial charge < -0.3 is 38.5 Å². The Kier molecular flexibility index (Phi) is 66.2. The molecule has 0 spiro atoms. The fraction of sp³-hybridized carbons (Fsp3) is 0.872. The van der Waals surface area contributed by atoms with Crippen molar-refractivity contribution in [3.05, 3.63) is 24.3 Å². The standard InChI is InChI=1S/C78H146N4O10S2/c1-10-18-22-26-27-36-44-65-89-73(83)57-46-62-81(77(87)93-67-49-60-79(14-5)15-6)63-48-59-75(85)91-71(53-40-30-23-19-11-2)54-43-35-28-33-38-51-70(9)52-39-34-29-37-45-66-90-74(84)58-47-64-82(78(88)94-68-50-61-80(16-7)17-8)69-76(86)92-72(55-41-31-24-20-12-3)56-42-32-25-21-13-4/h36-37,44-45,70-72H,10-35,38-43,46-69H2,1-9H3/b44-36-,45-37-. The fourth-order valence-corrected chi connectivity index (χ4v) is 13.4. The van der Waals surface area contributed by atoms with E-state index in [0.29, 0.717) is 50.6 Å². The van der Waals surface area contributed by atoms with Gasteiger partial charge in [0.2, 0.25) is 0 Å². The van der Waals surface area contributed by atoms with Gasteiger partial charge in [-0.3, -0.25) is 28.8 Å². The van der Waals surface area contributed by atoms with Gasteiger partial charge in [0, 0.05) is 50.4 Å². The van der Waals surface area contributed by atoms with Crippen LogP contribution < -0.4 is 0 Å². The van der Waals surface area contributed by atoms with Gasteiger partial charge in [-0.05, 0) is 154 Å². The number of carbonyl (C=O) groups is 6. The summed E-state index contributed by atoms with van der Waals surface area (Å²) in [7, 11) is 0. The summed E-state index contributed by atoms with van der Waals surface area (Å²) in [5, 5.41) is -0.127. The van der Waals surface area contributed by atoms with Crippen molar-refractivity contribution in [2.75, 3.05) is 90.2 Å². The van der Waals surface area contributed by atoms with E-state index in [-0.39, 0.29) is 85.6 Å². The van der Waals surface area contributed by atoms with Crippen LogP contribution in [-0.2, 0) is 38.1 Å². The second-order valence-electron chi connectivity index (χ2n) is 26.4. The number of carbonyl (C=O) groups excluding carboxylic acids is 6. The molecule has 0 rings (SSSR count). The van der Waals surface area contributed by atoms with Crippen LogP contribution in [0.2, 0.25) is 0 Å². The molecule has 2 atom stereocenters. The number of nitrogens with zero attached hydrogens (tertiary/aromatic N) is 4. The van der Waals surface area contributed by atoms with E-state index >= 15 is 0 Å². The Morgan fingerprint density at radius 1 is 0.340 bits per heavy atom. The average Bonchev–Trinajstić information content (AvgIpc) is 2.21. The normalized spacial score (nSPS) is 12.4. The van der Waals surface area contributed by atoms with Crippen molar-refractivity contribution in [1.82, 2.24) is 19.6 Å². The van der Waals surface area contributed by atoms with Crippen LogP contribution in [0.3, 0.4) is 0 Å². The highest BCUT2D eigenvalue weighted by molar-refractivity contribution is 8.13. The molecule has 0 aliphatic rings. The molecule has 0 fully saturated rings. The number of allylic oxidation sites excluding steroid dienone is 2. The molecule has 0 aliphatic carbocycles. The zero-order valence-electron chi connectivity index (χ0n) is 62.3. The second kappa shape index (κ2) is 68.4. The topological polar surface area (TPSA) is 152 Å². The third kappa shape index (κ3) is 57.9. The first-order valence-electron chi connectivity index (χ1n) is 39.1. The Balaban J connectivity index is 4.94. The molecule has 2 unspecified atom stereocenters. The van der Waals surface area contributed by atoms with E-state index in [1.807, 2.05) is 17.1 Å². The third-order valence-corrected chi connectivity index (χ3v) is 20.0. The van der Waals surface area contributed by atoms with Crippen LogP contribution in [-0.4, -0.2) is 156 Å². The van der Waals surface area contributed by atoms with E-state index < -0.39 is 0 Å². The van der Waals surface area contributed by atoms with Crippen LogP contribution in [0.5, 0.6) is 0 Å². The molecule has 0 heterocycles. The summed E-state index contributed by atoms with van der Waals surface area (Å²) in [6.45, 7) is 27.3. The predicted octanol–water partition coefficient (Wildman–Crippen LogP) is 21.1. The molecule has 0 radical (unpaired) electrons.